The highest BCUT2D eigenvalue weighted by molar-refractivity contribution is 5.57. The molecule has 5 heteroatoms. The molecule has 2 rings (SSSR count). The quantitative estimate of drug-likeness (QED) is 0.867. The van der Waals surface area contributed by atoms with Gasteiger partial charge < -0.3 is 15.4 Å². The van der Waals surface area contributed by atoms with E-state index < -0.39 is 0 Å². The molecule has 5 nitrogen and oxygen atoms in total. The Balaban J connectivity index is 2.24. The van der Waals surface area contributed by atoms with Crippen LogP contribution in [0.5, 0.6) is 0 Å². The Labute approximate surface area is 121 Å². The third-order valence-electron chi connectivity index (χ3n) is 3.59. The molecule has 112 valence electrons. The molecule has 0 bridgehead atoms. The lowest BCUT2D eigenvalue weighted by Gasteiger charge is -2.25. The monoisotopic (exact) mass is 278 g/mol. The van der Waals surface area contributed by atoms with Crippen molar-refractivity contribution in [2.75, 3.05) is 30.4 Å². The summed E-state index contributed by atoms with van der Waals surface area (Å²) in [7, 11) is 0. The van der Waals surface area contributed by atoms with Crippen molar-refractivity contribution in [3.63, 3.8) is 0 Å². The van der Waals surface area contributed by atoms with Gasteiger partial charge in [-0.2, -0.15) is 0 Å². The molecular weight excluding hydrogens is 252 g/mol. The van der Waals surface area contributed by atoms with Gasteiger partial charge in [0.1, 0.15) is 17.5 Å². The second-order valence-electron chi connectivity index (χ2n) is 5.62. The minimum Gasteiger partial charge on any atom is -0.381 e. The number of hydrogen-bond acceptors (Lipinski definition) is 5. The fraction of sp³-hybridized carbons (Fsp3) is 0.733. The summed E-state index contributed by atoms with van der Waals surface area (Å²) in [6, 6.07) is 0.451. The van der Waals surface area contributed by atoms with Crippen molar-refractivity contribution in [3.05, 3.63) is 11.4 Å². The van der Waals surface area contributed by atoms with Crippen molar-refractivity contribution in [1.82, 2.24) is 9.97 Å². The van der Waals surface area contributed by atoms with E-state index in [2.05, 4.69) is 43.3 Å². The lowest BCUT2D eigenvalue weighted by Crippen LogP contribution is -2.29. The molecule has 2 N–H and O–H groups in total. The molecule has 0 atom stereocenters. The molecule has 1 saturated heterocycles. The predicted molar refractivity (Wildman–Crippen MR) is 82.5 cm³/mol. The van der Waals surface area contributed by atoms with E-state index in [4.69, 9.17) is 9.72 Å². The van der Waals surface area contributed by atoms with Crippen LogP contribution in [-0.2, 0) is 4.74 Å². The summed E-state index contributed by atoms with van der Waals surface area (Å²) in [5.74, 6) is 3.12. The van der Waals surface area contributed by atoms with Gasteiger partial charge in [-0.3, -0.25) is 0 Å². The lowest BCUT2D eigenvalue weighted by molar-refractivity contribution is 0.0903. The highest BCUT2D eigenvalue weighted by Gasteiger charge is 2.18. The molecule has 1 aliphatic heterocycles. The third kappa shape index (κ3) is 3.60. The number of rotatable bonds is 5. The van der Waals surface area contributed by atoms with Crippen LogP contribution >= 0.6 is 0 Å². The lowest BCUT2D eigenvalue weighted by atomic mass is 10.1. The molecule has 1 aromatic rings. The van der Waals surface area contributed by atoms with Crippen molar-refractivity contribution in [3.8, 4) is 0 Å². The van der Waals surface area contributed by atoms with Crippen LogP contribution in [0.25, 0.3) is 0 Å². The van der Waals surface area contributed by atoms with Gasteiger partial charge in [0.05, 0.1) is 0 Å². The molecular formula is C15H26N4O. The van der Waals surface area contributed by atoms with Gasteiger partial charge in [0.15, 0.2) is 0 Å². The van der Waals surface area contributed by atoms with Gasteiger partial charge in [0, 0.05) is 37.3 Å². The number of nitrogens with zero attached hydrogens (tertiary/aromatic N) is 2. The number of ether oxygens (including phenoxy) is 1. The van der Waals surface area contributed by atoms with Crippen molar-refractivity contribution in [2.24, 2.45) is 0 Å². The SMILES string of the molecule is CCNc1nc(C(C)C)nc(NC2CCOCC2)c1C. The van der Waals surface area contributed by atoms with Gasteiger partial charge in [-0.05, 0) is 26.7 Å². The first-order chi connectivity index (χ1) is 9.61. The van der Waals surface area contributed by atoms with Gasteiger partial charge in [0.25, 0.3) is 0 Å². The smallest absolute Gasteiger partial charge is 0.135 e. The zero-order valence-corrected chi connectivity index (χ0v) is 13.0. The molecule has 20 heavy (non-hydrogen) atoms. The molecule has 2 heterocycles. The largest absolute Gasteiger partial charge is 0.381 e. The molecule has 0 aliphatic carbocycles. The van der Waals surface area contributed by atoms with Gasteiger partial charge in [-0.25, -0.2) is 9.97 Å². The van der Waals surface area contributed by atoms with E-state index in [9.17, 15) is 0 Å². The summed E-state index contributed by atoms with van der Waals surface area (Å²) in [5.41, 5.74) is 1.10. The zero-order chi connectivity index (χ0) is 14.5. The number of aromatic nitrogens is 2. The third-order valence-corrected chi connectivity index (χ3v) is 3.59. The Kier molecular flexibility index (Phi) is 5.17. The summed E-state index contributed by atoms with van der Waals surface area (Å²) < 4.78 is 5.41. The van der Waals surface area contributed by atoms with Crippen LogP contribution < -0.4 is 10.6 Å². The molecule has 0 aromatic carbocycles. The Morgan fingerprint density at radius 2 is 1.85 bits per heavy atom. The van der Waals surface area contributed by atoms with Crippen LogP contribution in [0, 0.1) is 6.92 Å². The summed E-state index contributed by atoms with van der Waals surface area (Å²) in [6.45, 7) is 10.9. The van der Waals surface area contributed by atoms with Gasteiger partial charge in [0.2, 0.25) is 0 Å². The average molecular weight is 278 g/mol. The van der Waals surface area contributed by atoms with Gasteiger partial charge in [-0.1, -0.05) is 13.8 Å². The summed E-state index contributed by atoms with van der Waals surface area (Å²) >= 11 is 0. The number of hydrogen-bond donors (Lipinski definition) is 2. The van der Waals surface area contributed by atoms with Crippen LogP contribution in [0.3, 0.4) is 0 Å². The predicted octanol–water partition coefficient (Wildman–Crippen LogP) is 2.93. The Morgan fingerprint density at radius 3 is 2.45 bits per heavy atom. The van der Waals surface area contributed by atoms with Crippen molar-refractivity contribution >= 4 is 11.6 Å². The average Bonchev–Trinajstić information content (AvgIpc) is 2.44. The normalized spacial score (nSPS) is 16.4. The minimum absolute atomic E-state index is 0.322. The number of anilines is 2. The van der Waals surface area contributed by atoms with E-state index >= 15 is 0 Å². The second-order valence-corrected chi connectivity index (χ2v) is 5.62. The second kappa shape index (κ2) is 6.88. The van der Waals surface area contributed by atoms with Gasteiger partial charge >= 0.3 is 0 Å². The van der Waals surface area contributed by atoms with E-state index in [1.807, 2.05) is 0 Å². The molecule has 0 saturated carbocycles. The molecule has 0 radical (unpaired) electrons. The Bertz CT molecular complexity index is 442. The Hall–Kier alpha value is -1.36. The molecule has 0 unspecified atom stereocenters. The summed E-state index contributed by atoms with van der Waals surface area (Å²) in [5, 5.41) is 6.91. The van der Waals surface area contributed by atoms with E-state index in [0.29, 0.717) is 12.0 Å². The van der Waals surface area contributed by atoms with Crippen LogP contribution in [0.2, 0.25) is 0 Å². The van der Waals surface area contributed by atoms with Crippen molar-refractivity contribution in [1.29, 1.82) is 0 Å². The standard InChI is InChI=1S/C15H26N4O/c1-5-16-14-11(4)15(19-13(18-14)10(2)3)17-12-6-8-20-9-7-12/h10,12H,5-9H2,1-4H3,(H2,16,17,18,19). The van der Waals surface area contributed by atoms with Crippen molar-refractivity contribution < 1.29 is 4.74 Å². The summed E-state index contributed by atoms with van der Waals surface area (Å²) in [4.78, 5) is 9.33. The highest BCUT2D eigenvalue weighted by Crippen LogP contribution is 2.25. The number of nitrogens with one attached hydrogen (secondary N) is 2. The molecule has 0 spiro atoms. The highest BCUT2D eigenvalue weighted by atomic mass is 16.5. The maximum Gasteiger partial charge on any atom is 0.135 e. The first-order valence-corrected chi connectivity index (χ1v) is 7.58. The zero-order valence-electron chi connectivity index (χ0n) is 13.0. The van der Waals surface area contributed by atoms with E-state index in [-0.39, 0.29) is 0 Å². The molecule has 0 amide bonds. The van der Waals surface area contributed by atoms with Crippen LogP contribution in [-0.4, -0.2) is 35.8 Å². The molecule has 1 fully saturated rings. The van der Waals surface area contributed by atoms with E-state index in [1.165, 1.54) is 0 Å². The fourth-order valence-corrected chi connectivity index (χ4v) is 2.31. The van der Waals surface area contributed by atoms with Crippen LogP contribution in [0.15, 0.2) is 0 Å². The van der Waals surface area contributed by atoms with E-state index in [1.54, 1.807) is 0 Å². The van der Waals surface area contributed by atoms with Crippen LogP contribution in [0.1, 0.15) is 50.9 Å². The Morgan fingerprint density at radius 1 is 1.20 bits per heavy atom. The summed E-state index contributed by atoms with van der Waals surface area (Å²) in [6.07, 6.45) is 2.08. The van der Waals surface area contributed by atoms with E-state index in [0.717, 1.165) is 55.6 Å². The maximum atomic E-state index is 5.41. The first-order valence-electron chi connectivity index (χ1n) is 7.58. The maximum absolute atomic E-state index is 5.41. The van der Waals surface area contributed by atoms with Gasteiger partial charge in [-0.15, -0.1) is 0 Å². The van der Waals surface area contributed by atoms with Crippen molar-refractivity contribution in [2.45, 2.75) is 52.5 Å². The van der Waals surface area contributed by atoms with Crippen LogP contribution in [0.4, 0.5) is 11.6 Å². The fourth-order valence-electron chi connectivity index (χ4n) is 2.31. The topological polar surface area (TPSA) is 59.1 Å². The molecule has 1 aliphatic rings. The minimum atomic E-state index is 0.322. The first kappa shape index (κ1) is 15.0. The molecule has 1 aromatic heterocycles.